The van der Waals surface area contributed by atoms with Crippen LogP contribution in [0.2, 0.25) is 0 Å². The summed E-state index contributed by atoms with van der Waals surface area (Å²) in [6.45, 7) is 0.974. The number of hydrogen-bond acceptors (Lipinski definition) is 9. The van der Waals surface area contributed by atoms with Gasteiger partial charge in [0.15, 0.2) is 5.76 Å². The Morgan fingerprint density at radius 1 is 1.05 bits per heavy atom. The summed E-state index contributed by atoms with van der Waals surface area (Å²) in [5, 5.41) is 7.14. The molecule has 3 aromatic heterocycles. The van der Waals surface area contributed by atoms with Gasteiger partial charge in [-0.05, 0) is 70.0 Å². The zero-order valence-corrected chi connectivity index (χ0v) is 23.8. The van der Waals surface area contributed by atoms with Crippen molar-refractivity contribution in [1.29, 1.82) is 0 Å². The Bertz CT molecular complexity index is 1760. The number of rotatable bonds is 11. The number of aromatic nitrogens is 3. The average Bonchev–Trinajstić information content (AvgIpc) is 3.39. The van der Waals surface area contributed by atoms with E-state index in [-0.39, 0.29) is 18.2 Å². The first-order valence-corrected chi connectivity index (χ1v) is 15.1. The summed E-state index contributed by atoms with van der Waals surface area (Å²) in [4.78, 5) is 13.2. The Hall–Kier alpha value is -3.87. The van der Waals surface area contributed by atoms with E-state index < -0.39 is 9.84 Å². The standard InChI is InChI=1S/C28H25BrFN5O4S/c1-40(36,37)10-9-31-14-21-6-8-27(39-21)24-13-22-25(15-32-24)33-17-34-28(22)35-20-5-7-26(23(29)12-20)38-16-18-3-2-4-19(30)11-18/h2-8,11-13,15,17,31H,9-10,14,16H2,1H3,(H,33,34,35). The fourth-order valence-corrected chi connectivity index (χ4v) is 4.90. The normalized spacial score (nSPS) is 11.6. The minimum absolute atomic E-state index is 0.0593. The first-order valence-electron chi connectivity index (χ1n) is 12.3. The van der Waals surface area contributed by atoms with Crippen LogP contribution in [0.5, 0.6) is 5.75 Å². The Morgan fingerprint density at radius 2 is 1.93 bits per heavy atom. The van der Waals surface area contributed by atoms with Gasteiger partial charge < -0.3 is 19.8 Å². The molecule has 3 heterocycles. The van der Waals surface area contributed by atoms with Crippen LogP contribution < -0.4 is 15.4 Å². The maximum Gasteiger partial charge on any atom is 0.152 e. The largest absolute Gasteiger partial charge is 0.488 e. The van der Waals surface area contributed by atoms with Crippen molar-refractivity contribution in [3.05, 3.63) is 94.8 Å². The number of anilines is 2. The van der Waals surface area contributed by atoms with Crippen LogP contribution in [0.15, 0.2) is 82.1 Å². The number of ether oxygens (including phenoxy) is 1. The minimum atomic E-state index is -3.02. The van der Waals surface area contributed by atoms with Crippen LogP contribution in [0.4, 0.5) is 15.9 Å². The molecule has 0 aliphatic rings. The Morgan fingerprint density at radius 3 is 2.73 bits per heavy atom. The lowest BCUT2D eigenvalue weighted by Gasteiger charge is -2.12. The van der Waals surface area contributed by atoms with Gasteiger partial charge in [0, 0.05) is 23.9 Å². The van der Waals surface area contributed by atoms with Gasteiger partial charge in [-0.15, -0.1) is 0 Å². The van der Waals surface area contributed by atoms with Gasteiger partial charge in [-0.1, -0.05) is 12.1 Å². The lowest BCUT2D eigenvalue weighted by atomic mass is 10.2. The second kappa shape index (κ2) is 12.1. The highest BCUT2D eigenvalue weighted by molar-refractivity contribution is 9.10. The van der Waals surface area contributed by atoms with Gasteiger partial charge in [0.25, 0.3) is 0 Å². The van der Waals surface area contributed by atoms with Crippen molar-refractivity contribution in [3.8, 4) is 17.2 Å². The molecule has 0 spiro atoms. The first-order chi connectivity index (χ1) is 19.2. The number of benzene rings is 2. The molecule has 0 fully saturated rings. The minimum Gasteiger partial charge on any atom is -0.488 e. The number of nitrogens with zero attached hydrogens (tertiary/aromatic N) is 3. The molecular weight excluding hydrogens is 601 g/mol. The SMILES string of the molecule is CS(=O)(=O)CCNCc1ccc(-c2cc3c(Nc4ccc(OCc5cccc(F)c5)c(Br)c4)ncnc3cn2)o1. The van der Waals surface area contributed by atoms with Gasteiger partial charge in [-0.2, -0.15) is 0 Å². The molecule has 5 rings (SSSR count). The van der Waals surface area contributed by atoms with E-state index in [1.807, 2.05) is 36.4 Å². The molecule has 2 aromatic carbocycles. The summed E-state index contributed by atoms with van der Waals surface area (Å²) in [7, 11) is -3.02. The summed E-state index contributed by atoms with van der Waals surface area (Å²) in [6, 6.07) is 17.3. The van der Waals surface area contributed by atoms with Crippen molar-refractivity contribution in [2.24, 2.45) is 0 Å². The van der Waals surface area contributed by atoms with Crippen molar-refractivity contribution >= 4 is 48.2 Å². The van der Waals surface area contributed by atoms with Crippen LogP contribution >= 0.6 is 15.9 Å². The van der Waals surface area contributed by atoms with Crippen LogP contribution in [-0.4, -0.2) is 41.9 Å². The monoisotopic (exact) mass is 625 g/mol. The number of sulfone groups is 1. The van der Waals surface area contributed by atoms with E-state index in [1.165, 1.54) is 24.7 Å². The number of hydrogen-bond donors (Lipinski definition) is 2. The molecule has 0 radical (unpaired) electrons. The molecule has 5 aromatic rings. The fourth-order valence-electron chi connectivity index (χ4n) is 3.89. The van der Waals surface area contributed by atoms with Gasteiger partial charge in [0.05, 0.1) is 28.5 Å². The Kier molecular flexibility index (Phi) is 8.38. The highest BCUT2D eigenvalue weighted by atomic mass is 79.9. The van der Waals surface area contributed by atoms with Gasteiger partial charge >= 0.3 is 0 Å². The molecule has 9 nitrogen and oxygen atoms in total. The van der Waals surface area contributed by atoms with Crippen molar-refractivity contribution in [2.45, 2.75) is 13.2 Å². The third kappa shape index (κ3) is 7.20. The van der Waals surface area contributed by atoms with Crippen molar-refractivity contribution in [1.82, 2.24) is 20.3 Å². The van der Waals surface area contributed by atoms with Crippen molar-refractivity contribution in [3.63, 3.8) is 0 Å². The zero-order valence-electron chi connectivity index (χ0n) is 21.4. The fraction of sp³-hybridized carbons (Fsp3) is 0.179. The van der Waals surface area contributed by atoms with Crippen LogP contribution in [0, 0.1) is 5.82 Å². The smallest absolute Gasteiger partial charge is 0.152 e. The number of pyridine rings is 1. The number of nitrogens with one attached hydrogen (secondary N) is 2. The first kappa shape index (κ1) is 27.7. The van der Waals surface area contributed by atoms with Crippen molar-refractivity contribution < 1.29 is 22.0 Å². The molecule has 0 saturated carbocycles. The lowest BCUT2D eigenvalue weighted by molar-refractivity contribution is 0.303. The van der Waals surface area contributed by atoms with Gasteiger partial charge in [0.2, 0.25) is 0 Å². The highest BCUT2D eigenvalue weighted by Gasteiger charge is 2.12. The van der Waals surface area contributed by atoms with Crippen LogP contribution in [0.1, 0.15) is 11.3 Å². The summed E-state index contributed by atoms with van der Waals surface area (Å²) in [6.07, 6.45) is 4.32. The van der Waals surface area contributed by atoms with Crippen LogP contribution in [0.25, 0.3) is 22.4 Å². The zero-order chi connectivity index (χ0) is 28.1. The van der Waals surface area contributed by atoms with E-state index in [0.717, 1.165) is 21.1 Å². The number of fused-ring (bicyclic) bond motifs is 1. The molecule has 0 unspecified atom stereocenters. The summed E-state index contributed by atoms with van der Waals surface area (Å²) >= 11 is 3.55. The van der Waals surface area contributed by atoms with E-state index >= 15 is 0 Å². The molecule has 0 bridgehead atoms. The molecule has 0 amide bonds. The third-order valence-electron chi connectivity index (χ3n) is 5.86. The molecular formula is C28H25BrFN5O4S. The number of furan rings is 1. The molecule has 40 heavy (non-hydrogen) atoms. The second-order valence-electron chi connectivity index (χ2n) is 9.07. The summed E-state index contributed by atoms with van der Waals surface area (Å²) in [5.41, 5.74) is 2.77. The molecule has 0 atom stereocenters. The average molecular weight is 627 g/mol. The third-order valence-corrected chi connectivity index (χ3v) is 7.43. The maximum absolute atomic E-state index is 13.4. The van der Waals surface area contributed by atoms with Crippen LogP contribution in [-0.2, 0) is 23.0 Å². The predicted octanol–water partition coefficient (Wildman–Crippen LogP) is 5.64. The van der Waals surface area contributed by atoms with E-state index in [2.05, 4.69) is 41.5 Å². The summed E-state index contributed by atoms with van der Waals surface area (Å²) < 4.78 is 48.5. The highest BCUT2D eigenvalue weighted by Crippen LogP contribution is 2.32. The summed E-state index contributed by atoms with van der Waals surface area (Å²) in [5.74, 6) is 2.19. The molecule has 0 aliphatic heterocycles. The molecule has 0 aliphatic carbocycles. The van der Waals surface area contributed by atoms with E-state index in [9.17, 15) is 12.8 Å². The molecule has 2 N–H and O–H groups in total. The second-order valence-corrected chi connectivity index (χ2v) is 12.2. The predicted molar refractivity (Wildman–Crippen MR) is 155 cm³/mol. The number of halogens is 2. The topological polar surface area (TPSA) is 119 Å². The quantitative estimate of drug-likeness (QED) is 0.180. The van der Waals surface area contributed by atoms with Crippen molar-refractivity contribution in [2.75, 3.05) is 23.9 Å². The van der Waals surface area contributed by atoms with Crippen LogP contribution in [0.3, 0.4) is 0 Å². The van der Waals surface area contributed by atoms with Gasteiger partial charge in [-0.3, -0.25) is 4.98 Å². The molecule has 0 saturated heterocycles. The Labute approximate surface area is 238 Å². The lowest BCUT2D eigenvalue weighted by Crippen LogP contribution is -2.21. The Balaban J connectivity index is 1.29. The van der Waals surface area contributed by atoms with Gasteiger partial charge in [-0.25, -0.2) is 22.8 Å². The molecule has 12 heteroatoms. The van der Waals surface area contributed by atoms with E-state index in [0.29, 0.717) is 47.4 Å². The maximum atomic E-state index is 13.4. The van der Waals surface area contributed by atoms with Gasteiger partial charge in [0.1, 0.15) is 51.6 Å². The molecule has 206 valence electrons. The van der Waals surface area contributed by atoms with E-state index in [1.54, 1.807) is 18.3 Å². The van der Waals surface area contributed by atoms with E-state index in [4.69, 9.17) is 9.15 Å².